The number of carbonyl (C=O) groups is 1. The maximum atomic E-state index is 11.8. The minimum atomic E-state index is 0.188. The molecule has 120 valence electrons. The fourth-order valence-electron chi connectivity index (χ4n) is 3.04. The van der Waals surface area contributed by atoms with Gasteiger partial charge in [-0.05, 0) is 25.0 Å². The summed E-state index contributed by atoms with van der Waals surface area (Å²) in [5.41, 5.74) is 2.19. The maximum Gasteiger partial charge on any atom is 0.223 e. The molecule has 1 aliphatic carbocycles. The molecular weight excluding hydrogens is 290 g/mol. The summed E-state index contributed by atoms with van der Waals surface area (Å²) in [5, 5.41) is 3.02. The van der Waals surface area contributed by atoms with Gasteiger partial charge in [-0.25, -0.2) is 4.98 Å². The number of imidazole rings is 1. The van der Waals surface area contributed by atoms with Gasteiger partial charge in [0, 0.05) is 31.7 Å². The zero-order chi connectivity index (χ0) is 15.6. The lowest BCUT2D eigenvalue weighted by molar-refractivity contribution is -0.122. The number of hydrogen-bond donors (Lipinski definition) is 1. The lowest BCUT2D eigenvalue weighted by atomic mass is 10.3. The lowest BCUT2D eigenvalue weighted by Crippen LogP contribution is -2.35. The van der Waals surface area contributed by atoms with Crippen molar-refractivity contribution >= 4 is 5.91 Å². The van der Waals surface area contributed by atoms with Crippen LogP contribution in [-0.4, -0.2) is 31.9 Å². The van der Waals surface area contributed by atoms with Gasteiger partial charge in [0.2, 0.25) is 5.91 Å². The summed E-state index contributed by atoms with van der Waals surface area (Å²) < 4.78 is 2.24. The van der Waals surface area contributed by atoms with Crippen LogP contribution in [0.3, 0.4) is 0 Å². The van der Waals surface area contributed by atoms with E-state index < -0.39 is 0 Å². The largest absolute Gasteiger partial charge is 0.350 e. The van der Waals surface area contributed by atoms with Crippen LogP contribution in [0, 0.1) is 5.92 Å². The molecule has 6 nitrogen and oxygen atoms in total. The predicted molar refractivity (Wildman–Crippen MR) is 85.1 cm³/mol. The molecule has 3 heterocycles. The van der Waals surface area contributed by atoms with E-state index in [9.17, 15) is 4.79 Å². The summed E-state index contributed by atoms with van der Waals surface area (Å²) in [6.45, 7) is 4.15. The van der Waals surface area contributed by atoms with Crippen LogP contribution in [0.25, 0.3) is 0 Å². The number of carbonyl (C=O) groups excluding carboxylic acids is 1. The molecule has 0 unspecified atom stereocenters. The number of hydrogen-bond acceptors (Lipinski definition) is 4. The summed E-state index contributed by atoms with van der Waals surface area (Å²) >= 11 is 0. The number of amides is 1. The molecule has 1 aliphatic heterocycles. The molecule has 6 heteroatoms. The Morgan fingerprint density at radius 1 is 1.26 bits per heavy atom. The van der Waals surface area contributed by atoms with Crippen LogP contribution in [0.2, 0.25) is 0 Å². The van der Waals surface area contributed by atoms with Crippen molar-refractivity contribution in [1.29, 1.82) is 0 Å². The molecule has 2 aromatic rings. The number of aromatic nitrogens is 3. The molecular formula is C17H21N5O. The van der Waals surface area contributed by atoms with Gasteiger partial charge in [0.15, 0.2) is 0 Å². The molecule has 0 atom stereocenters. The van der Waals surface area contributed by atoms with E-state index >= 15 is 0 Å². The Labute approximate surface area is 135 Å². The zero-order valence-electron chi connectivity index (χ0n) is 13.1. The van der Waals surface area contributed by atoms with Gasteiger partial charge >= 0.3 is 0 Å². The van der Waals surface area contributed by atoms with E-state index in [0.29, 0.717) is 6.54 Å². The van der Waals surface area contributed by atoms with Gasteiger partial charge < -0.3 is 9.88 Å². The van der Waals surface area contributed by atoms with Gasteiger partial charge in [-0.3, -0.25) is 14.7 Å². The quantitative estimate of drug-likeness (QED) is 0.904. The molecule has 0 aromatic carbocycles. The first-order chi connectivity index (χ1) is 11.3. The third kappa shape index (κ3) is 3.27. The van der Waals surface area contributed by atoms with Crippen LogP contribution >= 0.6 is 0 Å². The lowest BCUT2D eigenvalue weighted by Gasteiger charge is -2.28. The molecule has 1 saturated carbocycles. The van der Waals surface area contributed by atoms with E-state index in [2.05, 4.69) is 30.8 Å². The van der Waals surface area contributed by atoms with Crippen LogP contribution in [0.5, 0.6) is 0 Å². The fourth-order valence-corrected chi connectivity index (χ4v) is 3.04. The Balaban J connectivity index is 1.37. The number of pyridine rings is 1. The van der Waals surface area contributed by atoms with Crippen LogP contribution in [0.15, 0.2) is 30.6 Å². The predicted octanol–water partition coefficient (Wildman–Crippen LogP) is 1.32. The van der Waals surface area contributed by atoms with Crippen LogP contribution in [-0.2, 0) is 31.0 Å². The molecule has 23 heavy (non-hydrogen) atoms. The fraction of sp³-hybridized carbons (Fsp3) is 0.471. The molecule has 1 N–H and O–H groups in total. The van der Waals surface area contributed by atoms with E-state index in [4.69, 9.17) is 0 Å². The molecule has 2 aromatic heterocycles. The molecule has 1 amide bonds. The Hall–Kier alpha value is -2.21. The van der Waals surface area contributed by atoms with Crippen molar-refractivity contribution in [2.75, 3.05) is 6.54 Å². The van der Waals surface area contributed by atoms with Crippen molar-refractivity contribution in [3.8, 4) is 0 Å². The van der Waals surface area contributed by atoms with E-state index in [1.807, 2.05) is 24.5 Å². The smallest absolute Gasteiger partial charge is 0.223 e. The highest BCUT2D eigenvalue weighted by molar-refractivity contribution is 5.80. The van der Waals surface area contributed by atoms with Crippen LogP contribution < -0.4 is 5.32 Å². The zero-order valence-corrected chi connectivity index (χ0v) is 13.1. The third-order valence-corrected chi connectivity index (χ3v) is 4.53. The average molecular weight is 311 g/mol. The number of fused-ring (bicyclic) bond motifs is 1. The normalized spacial score (nSPS) is 17.7. The van der Waals surface area contributed by atoms with Crippen molar-refractivity contribution in [2.45, 2.75) is 39.0 Å². The Kier molecular flexibility index (Phi) is 3.83. The first kappa shape index (κ1) is 14.4. The Morgan fingerprint density at radius 2 is 2.17 bits per heavy atom. The van der Waals surface area contributed by atoms with Crippen molar-refractivity contribution in [3.05, 3.63) is 47.8 Å². The maximum absolute atomic E-state index is 11.8. The average Bonchev–Trinajstić information content (AvgIpc) is 3.35. The summed E-state index contributed by atoms with van der Waals surface area (Å²) in [7, 11) is 0. The summed E-state index contributed by atoms with van der Waals surface area (Å²) in [6.07, 6.45) is 5.81. The monoisotopic (exact) mass is 311 g/mol. The van der Waals surface area contributed by atoms with E-state index in [0.717, 1.165) is 56.2 Å². The minimum Gasteiger partial charge on any atom is -0.350 e. The highest BCUT2D eigenvalue weighted by Crippen LogP contribution is 2.28. The molecule has 0 bridgehead atoms. The summed E-state index contributed by atoms with van der Waals surface area (Å²) in [5.74, 6) is 1.52. The van der Waals surface area contributed by atoms with E-state index in [1.165, 1.54) is 0 Å². The second kappa shape index (κ2) is 6.12. The topological polar surface area (TPSA) is 63.1 Å². The van der Waals surface area contributed by atoms with Crippen molar-refractivity contribution in [1.82, 2.24) is 24.8 Å². The van der Waals surface area contributed by atoms with Gasteiger partial charge in [0.1, 0.15) is 5.82 Å². The van der Waals surface area contributed by atoms with Crippen molar-refractivity contribution < 1.29 is 4.79 Å². The number of rotatable bonds is 5. The second-order valence-electron chi connectivity index (χ2n) is 6.34. The standard InChI is InChI=1S/C17H21N5O/c23-17(13-4-5-13)20-10-15-9-19-16-12-21(7-8-22(15)16)11-14-3-1-2-6-18-14/h1-3,6,9,13H,4-5,7-8,10-12H2,(H,20,23). The Morgan fingerprint density at radius 3 is 2.96 bits per heavy atom. The Bertz CT molecular complexity index is 692. The molecule has 0 radical (unpaired) electrons. The van der Waals surface area contributed by atoms with E-state index in [-0.39, 0.29) is 11.8 Å². The van der Waals surface area contributed by atoms with Crippen molar-refractivity contribution in [3.63, 3.8) is 0 Å². The number of nitrogens with one attached hydrogen (secondary N) is 1. The third-order valence-electron chi connectivity index (χ3n) is 4.53. The molecule has 0 spiro atoms. The SMILES string of the molecule is O=C(NCc1cnc2n1CCN(Cc1ccccn1)C2)C1CC1. The van der Waals surface area contributed by atoms with Crippen LogP contribution in [0.4, 0.5) is 0 Å². The highest BCUT2D eigenvalue weighted by Gasteiger charge is 2.29. The van der Waals surface area contributed by atoms with Gasteiger partial charge in [-0.1, -0.05) is 6.07 Å². The second-order valence-corrected chi connectivity index (χ2v) is 6.34. The minimum absolute atomic E-state index is 0.188. The number of nitrogens with zero attached hydrogens (tertiary/aromatic N) is 4. The first-order valence-electron chi connectivity index (χ1n) is 8.23. The van der Waals surface area contributed by atoms with Gasteiger partial charge in [0.25, 0.3) is 0 Å². The van der Waals surface area contributed by atoms with E-state index in [1.54, 1.807) is 0 Å². The van der Waals surface area contributed by atoms with Crippen molar-refractivity contribution in [2.24, 2.45) is 5.92 Å². The summed E-state index contributed by atoms with van der Waals surface area (Å²) in [4.78, 5) is 23.1. The molecule has 0 saturated heterocycles. The molecule has 1 fully saturated rings. The first-order valence-corrected chi connectivity index (χ1v) is 8.23. The highest BCUT2D eigenvalue weighted by atomic mass is 16.2. The van der Waals surface area contributed by atoms with Gasteiger partial charge in [0.05, 0.1) is 30.7 Å². The summed E-state index contributed by atoms with van der Waals surface area (Å²) in [6, 6.07) is 6.02. The van der Waals surface area contributed by atoms with Gasteiger partial charge in [-0.2, -0.15) is 0 Å². The van der Waals surface area contributed by atoms with Crippen LogP contribution in [0.1, 0.15) is 30.1 Å². The van der Waals surface area contributed by atoms with Gasteiger partial charge in [-0.15, -0.1) is 0 Å². The molecule has 2 aliphatic rings. The molecule has 4 rings (SSSR count).